The van der Waals surface area contributed by atoms with Crippen LogP contribution in [0.5, 0.6) is 0 Å². The first kappa shape index (κ1) is 11.6. The van der Waals surface area contributed by atoms with Crippen LogP contribution in [-0.4, -0.2) is 41.5 Å². The van der Waals surface area contributed by atoms with E-state index in [9.17, 15) is 4.79 Å². The van der Waals surface area contributed by atoms with Gasteiger partial charge in [-0.3, -0.25) is 4.79 Å². The third-order valence-corrected chi connectivity index (χ3v) is 2.75. The lowest BCUT2D eigenvalue weighted by molar-refractivity contribution is 0.0652. The normalized spacial score (nSPS) is 20.1. The number of oxazole rings is 1. The molecule has 1 N–H and O–H groups in total. The first-order valence-electron chi connectivity index (χ1n) is 5.49. The van der Waals surface area contributed by atoms with E-state index in [1.54, 1.807) is 13.8 Å². The zero-order valence-electron chi connectivity index (χ0n) is 9.86. The van der Waals surface area contributed by atoms with Crippen molar-refractivity contribution in [2.45, 2.75) is 19.9 Å². The van der Waals surface area contributed by atoms with Crippen molar-refractivity contribution in [3.05, 3.63) is 17.3 Å². The lowest BCUT2D eigenvalue weighted by Gasteiger charge is -2.31. The molecule has 0 aliphatic carbocycles. The summed E-state index contributed by atoms with van der Waals surface area (Å²) in [5.41, 5.74) is 0.572. The number of carbonyl (C=O) groups excluding carboxylic acids is 1. The van der Waals surface area contributed by atoms with Crippen LogP contribution < -0.4 is 5.32 Å². The van der Waals surface area contributed by atoms with Gasteiger partial charge in [0.05, 0.1) is 11.8 Å². The highest BCUT2D eigenvalue weighted by Crippen LogP contribution is 2.15. The minimum atomic E-state index is -0.443. The van der Waals surface area contributed by atoms with Gasteiger partial charge in [0.2, 0.25) is 5.76 Å². The molecule has 0 radical (unpaired) electrons. The number of hydrogen-bond acceptors (Lipinski definition) is 5. The van der Waals surface area contributed by atoms with E-state index in [0.29, 0.717) is 31.2 Å². The van der Waals surface area contributed by atoms with E-state index in [-0.39, 0.29) is 11.7 Å². The highest BCUT2D eigenvalue weighted by atomic mass is 16.4. The fourth-order valence-corrected chi connectivity index (χ4v) is 1.92. The second kappa shape index (κ2) is 4.55. The van der Waals surface area contributed by atoms with Crippen molar-refractivity contribution in [1.29, 1.82) is 5.26 Å². The lowest BCUT2D eigenvalue weighted by Crippen LogP contribution is -2.53. The Kier molecular flexibility index (Phi) is 3.11. The average Bonchev–Trinajstić information content (AvgIpc) is 2.67. The number of aryl methyl sites for hydroxylation is 2. The summed E-state index contributed by atoms with van der Waals surface area (Å²) in [5.74, 6) is 0.454. The molecule has 1 amide bonds. The van der Waals surface area contributed by atoms with E-state index in [2.05, 4.69) is 16.4 Å². The van der Waals surface area contributed by atoms with Crippen molar-refractivity contribution < 1.29 is 9.21 Å². The number of carbonyl (C=O) groups is 1. The van der Waals surface area contributed by atoms with E-state index >= 15 is 0 Å². The van der Waals surface area contributed by atoms with Gasteiger partial charge in [-0.2, -0.15) is 5.26 Å². The number of aromatic nitrogens is 1. The Balaban J connectivity index is 2.24. The quantitative estimate of drug-likeness (QED) is 0.752. The summed E-state index contributed by atoms with van der Waals surface area (Å²) in [4.78, 5) is 17.8. The molecule has 2 heterocycles. The first-order chi connectivity index (χ1) is 8.13. The average molecular weight is 234 g/mol. The summed E-state index contributed by atoms with van der Waals surface area (Å²) in [6.07, 6.45) is 0. The summed E-state index contributed by atoms with van der Waals surface area (Å²) < 4.78 is 5.29. The van der Waals surface area contributed by atoms with Gasteiger partial charge in [-0.15, -0.1) is 0 Å². The van der Waals surface area contributed by atoms with E-state index in [4.69, 9.17) is 9.68 Å². The van der Waals surface area contributed by atoms with Crippen LogP contribution in [-0.2, 0) is 0 Å². The van der Waals surface area contributed by atoms with Gasteiger partial charge in [0.1, 0.15) is 6.04 Å². The van der Waals surface area contributed by atoms with E-state index in [0.717, 1.165) is 0 Å². The number of nitrogens with zero attached hydrogens (tertiary/aromatic N) is 3. The second-order valence-corrected chi connectivity index (χ2v) is 3.99. The molecular formula is C11H14N4O2. The summed E-state index contributed by atoms with van der Waals surface area (Å²) in [6.45, 7) is 5.12. The van der Waals surface area contributed by atoms with Gasteiger partial charge in [-0.25, -0.2) is 4.98 Å². The fraction of sp³-hybridized carbons (Fsp3) is 0.545. The van der Waals surface area contributed by atoms with Crippen molar-refractivity contribution >= 4 is 5.91 Å². The molecule has 2 rings (SSSR count). The Labute approximate surface area is 99.2 Å². The van der Waals surface area contributed by atoms with Crippen LogP contribution in [0.15, 0.2) is 4.42 Å². The van der Waals surface area contributed by atoms with Crippen molar-refractivity contribution in [2.24, 2.45) is 0 Å². The summed E-state index contributed by atoms with van der Waals surface area (Å²) in [7, 11) is 0. The van der Waals surface area contributed by atoms with Crippen molar-refractivity contribution in [2.75, 3.05) is 19.6 Å². The smallest absolute Gasteiger partial charge is 0.292 e. The monoisotopic (exact) mass is 234 g/mol. The Hall–Kier alpha value is -1.87. The number of amides is 1. The molecule has 1 saturated heterocycles. The second-order valence-electron chi connectivity index (χ2n) is 3.99. The predicted octanol–water partition coefficient (Wildman–Crippen LogP) is 0.229. The van der Waals surface area contributed by atoms with Crippen LogP contribution in [0.4, 0.5) is 0 Å². The van der Waals surface area contributed by atoms with Crippen LogP contribution in [0.2, 0.25) is 0 Å². The molecule has 0 spiro atoms. The Bertz CT molecular complexity index is 474. The number of nitrogens with one attached hydrogen (secondary N) is 1. The SMILES string of the molecule is Cc1nc(C)c(C(=O)N2CCNCC2C#N)o1. The van der Waals surface area contributed by atoms with Crippen molar-refractivity contribution in [1.82, 2.24) is 15.2 Å². The highest BCUT2D eigenvalue weighted by Gasteiger charge is 2.30. The molecule has 17 heavy (non-hydrogen) atoms. The molecular weight excluding hydrogens is 220 g/mol. The number of hydrogen-bond donors (Lipinski definition) is 1. The molecule has 0 aromatic carbocycles. The zero-order valence-corrected chi connectivity index (χ0v) is 9.86. The van der Waals surface area contributed by atoms with Crippen LogP contribution in [0, 0.1) is 25.2 Å². The van der Waals surface area contributed by atoms with Gasteiger partial charge in [-0.05, 0) is 6.92 Å². The molecule has 1 fully saturated rings. The van der Waals surface area contributed by atoms with E-state index in [1.807, 2.05) is 0 Å². The molecule has 90 valence electrons. The summed E-state index contributed by atoms with van der Waals surface area (Å²) in [5, 5.41) is 12.1. The minimum Gasteiger partial charge on any atom is -0.436 e. The van der Waals surface area contributed by atoms with Gasteiger partial charge in [0, 0.05) is 26.6 Å². The number of nitriles is 1. The van der Waals surface area contributed by atoms with Crippen molar-refractivity contribution in [3.63, 3.8) is 0 Å². The van der Waals surface area contributed by atoms with E-state index < -0.39 is 6.04 Å². The standard InChI is InChI=1S/C11H14N4O2/c1-7-10(17-8(2)14-7)11(16)15-4-3-13-6-9(15)5-12/h9,13H,3-4,6H2,1-2H3. The van der Waals surface area contributed by atoms with E-state index in [1.165, 1.54) is 4.90 Å². The van der Waals surface area contributed by atoms with Gasteiger partial charge in [0.15, 0.2) is 5.89 Å². The summed E-state index contributed by atoms with van der Waals surface area (Å²) in [6, 6.07) is 1.67. The molecule has 1 aliphatic heterocycles. The first-order valence-corrected chi connectivity index (χ1v) is 5.49. The van der Waals surface area contributed by atoms with Gasteiger partial charge in [0.25, 0.3) is 5.91 Å². The molecule has 6 nitrogen and oxygen atoms in total. The molecule has 1 aromatic heterocycles. The summed E-state index contributed by atoms with van der Waals surface area (Å²) >= 11 is 0. The highest BCUT2D eigenvalue weighted by molar-refractivity contribution is 5.93. The van der Waals surface area contributed by atoms with Gasteiger partial charge in [-0.1, -0.05) is 0 Å². The molecule has 0 bridgehead atoms. The fourth-order valence-electron chi connectivity index (χ4n) is 1.92. The maximum atomic E-state index is 12.2. The zero-order chi connectivity index (χ0) is 12.4. The van der Waals surface area contributed by atoms with Crippen molar-refractivity contribution in [3.8, 4) is 6.07 Å². The van der Waals surface area contributed by atoms with Gasteiger partial charge < -0.3 is 14.6 Å². The lowest BCUT2D eigenvalue weighted by atomic mass is 10.2. The van der Waals surface area contributed by atoms with Gasteiger partial charge >= 0.3 is 0 Å². The molecule has 0 saturated carbocycles. The minimum absolute atomic E-state index is 0.240. The Morgan fingerprint density at radius 2 is 2.41 bits per heavy atom. The Morgan fingerprint density at radius 1 is 1.65 bits per heavy atom. The molecule has 1 aliphatic rings. The third kappa shape index (κ3) is 2.15. The number of piperazine rings is 1. The molecule has 1 atom stereocenters. The maximum Gasteiger partial charge on any atom is 0.292 e. The van der Waals surface area contributed by atoms with Crippen LogP contribution >= 0.6 is 0 Å². The van der Waals surface area contributed by atoms with Crippen LogP contribution in [0.25, 0.3) is 0 Å². The predicted molar refractivity (Wildman–Crippen MR) is 59.3 cm³/mol. The molecule has 1 aromatic rings. The maximum absolute atomic E-state index is 12.2. The molecule has 6 heteroatoms. The topological polar surface area (TPSA) is 82.2 Å². The third-order valence-electron chi connectivity index (χ3n) is 2.75. The number of rotatable bonds is 1. The van der Waals surface area contributed by atoms with Crippen LogP contribution in [0.1, 0.15) is 22.1 Å². The molecule has 1 unspecified atom stereocenters. The van der Waals surface area contributed by atoms with Crippen LogP contribution in [0.3, 0.4) is 0 Å². The Morgan fingerprint density at radius 3 is 3.00 bits per heavy atom. The largest absolute Gasteiger partial charge is 0.436 e.